The maximum atomic E-state index is 8.99. The van der Waals surface area contributed by atoms with E-state index in [1.165, 1.54) is 24.1 Å². The second-order valence-corrected chi connectivity index (χ2v) is 4.80. The summed E-state index contributed by atoms with van der Waals surface area (Å²) < 4.78 is 0. The Morgan fingerprint density at radius 3 is 2.75 bits per heavy atom. The van der Waals surface area contributed by atoms with Gasteiger partial charge in [-0.15, -0.1) is 0 Å². The van der Waals surface area contributed by atoms with Crippen LogP contribution >= 0.6 is 0 Å². The highest BCUT2D eigenvalue weighted by Crippen LogP contribution is 2.24. The lowest BCUT2D eigenvalue weighted by Crippen LogP contribution is -2.35. The zero-order chi connectivity index (χ0) is 11.4. The average molecular weight is 219 g/mol. The van der Waals surface area contributed by atoms with E-state index in [0.717, 1.165) is 19.5 Å². The van der Waals surface area contributed by atoms with E-state index in [9.17, 15) is 0 Å². The first-order chi connectivity index (χ1) is 7.79. The van der Waals surface area contributed by atoms with Crippen LogP contribution in [0.5, 0.6) is 0 Å². The Morgan fingerprint density at radius 1 is 1.31 bits per heavy atom. The van der Waals surface area contributed by atoms with E-state index in [2.05, 4.69) is 36.1 Å². The van der Waals surface area contributed by atoms with Crippen molar-refractivity contribution >= 4 is 5.69 Å². The molecule has 1 aromatic carbocycles. The van der Waals surface area contributed by atoms with Crippen molar-refractivity contribution in [3.63, 3.8) is 0 Å². The second kappa shape index (κ2) is 5.35. The average Bonchev–Trinajstić information content (AvgIpc) is 2.31. The standard InChI is InChI=1S/C14H21NO/c1-12-4-6-14(7-5-12)15-9-2-3-13(11-15)8-10-16/h4-7,13,16H,2-3,8-11H2,1H3. The lowest BCUT2D eigenvalue weighted by Gasteiger charge is -2.34. The predicted octanol–water partition coefficient (Wildman–Crippen LogP) is 2.59. The van der Waals surface area contributed by atoms with Gasteiger partial charge in [0, 0.05) is 25.4 Å². The molecule has 0 spiro atoms. The second-order valence-electron chi connectivity index (χ2n) is 4.80. The highest BCUT2D eigenvalue weighted by atomic mass is 16.3. The molecule has 0 radical (unpaired) electrons. The minimum absolute atomic E-state index is 0.326. The van der Waals surface area contributed by atoms with Crippen LogP contribution in [0.15, 0.2) is 24.3 Å². The van der Waals surface area contributed by atoms with Crippen molar-refractivity contribution in [1.82, 2.24) is 0 Å². The van der Waals surface area contributed by atoms with Gasteiger partial charge in [-0.1, -0.05) is 17.7 Å². The number of aliphatic hydroxyl groups is 1. The van der Waals surface area contributed by atoms with Gasteiger partial charge in [-0.3, -0.25) is 0 Å². The molecule has 88 valence electrons. The van der Waals surface area contributed by atoms with E-state index in [0.29, 0.717) is 12.5 Å². The number of anilines is 1. The van der Waals surface area contributed by atoms with Crippen LogP contribution in [0.25, 0.3) is 0 Å². The van der Waals surface area contributed by atoms with E-state index >= 15 is 0 Å². The van der Waals surface area contributed by atoms with Gasteiger partial charge in [-0.2, -0.15) is 0 Å². The summed E-state index contributed by atoms with van der Waals surface area (Å²) in [5, 5.41) is 8.99. The maximum Gasteiger partial charge on any atom is 0.0434 e. The molecular formula is C14H21NO. The molecule has 1 aliphatic heterocycles. The van der Waals surface area contributed by atoms with Gasteiger partial charge in [-0.25, -0.2) is 0 Å². The Hall–Kier alpha value is -1.02. The minimum Gasteiger partial charge on any atom is -0.396 e. The number of aliphatic hydroxyl groups excluding tert-OH is 1. The number of hydrogen-bond donors (Lipinski definition) is 1. The smallest absolute Gasteiger partial charge is 0.0434 e. The first-order valence-corrected chi connectivity index (χ1v) is 6.22. The molecule has 16 heavy (non-hydrogen) atoms. The Balaban J connectivity index is 2.01. The van der Waals surface area contributed by atoms with Crippen LogP contribution in [0, 0.1) is 12.8 Å². The highest BCUT2D eigenvalue weighted by Gasteiger charge is 2.19. The van der Waals surface area contributed by atoms with Gasteiger partial charge in [0.15, 0.2) is 0 Å². The molecule has 2 rings (SSSR count). The van der Waals surface area contributed by atoms with Gasteiger partial charge < -0.3 is 10.0 Å². The van der Waals surface area contributed by atoms with Crippen LogP contribution in [0.3, 0.4) is 0 Å². The van der Waals surface area contributed by atoms with Gasteiger partial charge in [0.2, 0.25) is 0 Å². The van der Waals surface area contributed by atoms with Crippen LogP contribution in [-0.4, -0.2) is 24.8 Å². The van der Waals surface area contributed by atoms with Gasteiger partial charge >= 0.3 is 0 Å². The van der Waals surface area contributed by atoms with Crippen molar-refractivity contribution in [2.75, 3.05) is 24.6 Å². The van der Waals surface area contributed by atoms with Crippen LogP contribution in [0.2, 0.25) is 0 Å². The van der Waals surface area contributed by atoms with Crippen LogP contribution in [0.4, 0.5) is 5.69 Å². The Morgan fingerprint density at radius 2 is 2.06 bits per heavy atom. The topological polar surface area (TPSA) is 23.5 Å². The van der Waals surface area contributed by atoms with Crippen molar-refractivity contribution in [3.8, 4) is 0 Å². The van der Waals surface area contributed by atoms with Crippen molar-refractivity contribution in [1.29, 1.82) is 0 Å². The maximum absolute atomic E-state index is 8.99. The highest BCUT2D eigenvalue weighted by molar-refractivity contribution is 5.47. The molecule has 0 amide bonds. The summed E-state index contributed by atoms with van der Waals surface area (Å²) in [6.07, 6.45) is 3.46. The number of hydrogen-bond acceptors (Lipinski definition) is 2. The van der Waals surface area contributed by atoms with E-state index in [-0.39, 0.29) is 0 Å². The van der Waals surface area contributed by atoms with Crippen LogP contribution in [0.1, 0.15) is 24.8 Å². The molecule has 0 bridgehead atoms. The Bertz CT molecular complexity index is 318. The lowest BCUT2D eigenvalue weighted by atomic mass is 9.95. The van der Waals surface area contributed by atoms with Gasteiger partial charge in [-0.05, 0) is 44.2 Å². The normalized spacial score (nSPS) is 21.1. The summed E-state index contributed by atoms with van der Waals surface area (Å²) >= 11 is 0. The van der Waals surface area contributed by atoms with Crippen molar-refractivity contribution in [2.24, 2.45) is 5.92 Å². The summed E-state index contributed by atoms with van der Waals surface area (Å²) in [6, 6.07) is 8.75. The van der Waals surface area contributed by atoms with Gasteiger partial charge in [0.1, 0.15) is 0 Å². The molecular weight excluding hydrogens is 198 g/mol. The van der Waals surface area contributed by atoms with E-state index < -0.39 is 0 Å². The third-order valence-corrected chi connectivity index (χ3v) is 3.46. The fraction of sp³-hybridized carbons (Fsp3) is 0.571. The summed E-state index contributed by atoms with van der Waals surface area (Å²) in [5.41, 5.74) is 2.64. The lowest BCUT2D eigenvalue weighted by molar-refractivity contribution is 0.244. The van der Waals surface area contributed by atoms with E-state index in [1.54, 1.807) is 0 Å². The van der Waals surface area contributed by atoms with Gasteiger partial charge in [0.05, 0.1) is 0 Å². The Labute approximate surface area is 97.9 Å². The van der Waals surface area contributed by atoms with E-state index in [4.69, 9.17) is 5.11 Å². The number of nitrogens with zero attached hydrogens (tertiary/aromatic N) is 1. The van der Waals surface area contributed by atoms with Crippen molar-refractivity contribution in [3.05, 3.63) is 29.8 Å². The van der Waals surface area contributed by atoms with Crippen molar-refractivity contribution < 1.29 is 5.11 Å². The molecule has 2 heteroatoms. The molecule has 2 nitrogen and oxygen atoms in total. The number of piperidine rings is 1. The zero-order valence-corrected chi connectivity index (χ0v) is 10.0. The molecule has 0 saturated carbocycles. The summed E-state index contributed by atoms with van der Waals surface area (Å²) in [5.74, 6) is 0.667. The molecule has 1 N–H and O–H groups in total. The molecule has 1 atom stereocenters. The molecule has 0 aromatic heterocycles. The van der Waals surface area contributed by atoms with Crippen LogP contribution in [-0.2, 0) is 0 Å². The number of aryl methyl sites for hydroxylation is 1. The van der Waals surface area contributed by atoms with Gasteiger partial charge in [0.25, 0.3) is 0 Å². The summed E-state index contributed by atoms with van der Waals surface area (Å²) in [6.45, 7) is 4.70. The van der Waals surface area contributed by atoms with Crippen LogP contribution < -0.4 is 4.90 Å². The summed E-state index contributed by atoms with van der Waals surface area (Å²) in [7, 11) is 0. The fourth-order valence-electron chi connectivity index (χ4n) is 2.47. The Kier molecular flexibility index (Phi) is 3.83. The first-order valence-electron chi connectivity index (χ1n) is 6.22. The number of benzene rings is 1. The summed E-state index contributed by atoms with van der Waals surface area (Å²) in [4.78, 5) is 2.45. The molecule has 1 aromatic rings. The number of rotatable bonds is 3. The minimum atomic E-state index is 0.326. The van der Waals surface area contributed by atoms with E-state index in [1.807, 2.05) is 0 Å². The molecule has 1 fully saturated rings. The molecule has 1 saturated heterocycles. The zero-order valence-electron chi connectivity index (χ0n) is 10.0. The monoisotopic (exact) mass is 219 g/mol. The third kappa shape index (κ3) is 2.76. The largest absolute Gasteiger partial charge is 0.396 e. The van der Waals surface area contributed by atoms with Crippen molar-refractivity contribution in [2.45, 2.75) is 26.2 Å². The SMILES string of the molecule is Cc1ccc(N2CCCC(CCO)C2)cc1. The fourth-order valence-corrected chi connectivity index (χ4v) is 2.47. The molecule has 1 heterocycles. The quantitative estimate of drug-likeness (QED) is 0.844. The predicted molar refractivity (Wildman–Crippen MR) is 67.8 cm³/mol. The molecule has 1 aliphatic rings. The third-order valence-electron chi connectivity index (χ3n) is 3.46. The first kappa shape index (κ1) is 11.5. The molecule has 0 aliphatic carbocycles. The molecule has 1 unspecified atom stereocenters.